The first-order valence-electron chi connectivity index (χ1n) is 23.7. The summed E-state index contributed by atoms with van der Waals surface area (Å²) in [6.45, 7) is 6.63. The number of hydrogen-bond acceptors (Lipinski definition) is 13. The summed E-state index contributed by atoms with van der Waals surface area (Å²) in [5, 5.41) is 7.26. The van der Waals surface area contributed by atoms with Gasteiger partial charge in [0.1, 0.15) is 15.6 Å². The third-order valence-electron chi connectivity index (χ3n) is 14.3. The lowest BCUT2D eigenvalue weighted by Crippen LogP contribution is -2.54. The second-order valence-corrected chi connectivity index (χ2v) is 21.2. The zero-order chi connectivity index (χ0) is 50.6. The van der Waals surface area contributed by atoms with E-state index in [0.29, 0.717) is 98.1 Å². The number of aromatic nitrogens is 2. The van der Waals surface area contributed by atoms with Crippen LogP contribution in [0.2, 0.25) is 0 Å². The van der Waals surface area contributed by atoms with E-state index in [1.807, 2.05) is 0 Å². The number of carbonyl (C=O) groups excluding carboxylic acids is 4. The van der Waals surface area contributed by atoms with E-state index in [-0.39, 0.29) is 53.0 Å². The molecule has 0 spiro atoms. The highest BCUT2D eigenvalue weighted by molar-refractivity contribution is 7.90. The molecule has 5 heterocycles. The highest BCUT2D eigenvalue weighted by atomic mass is 32.2. The van der Waals surface area contributed by atoms with Crippen molar-refractivity contribution in [2.24, 2.45) is 7.05 Å². The maximum atomic E-state index is 15.8. The molecule has 71 heavy (non-hydrogen) atoms. The Balaban J connectivity index is 0.799. The third-order valence-corrected chi connectivity index (χ3v) is 15.2. The van der Waals surface area contributed by atoms with Crippen molar-refractivity contribution in [3.05, 3.63) is 107 Å². The van der Waals surface area contributed by atoms with E-state index < -0.39 is 63.1 Å². The molecule has 3 saturated heterocycles. The van der Waals surface area contributed by atoms with Crippen LogP contribution in [0.5, 0.6) is 23.0 Å². The topological polar surface area (TPSA) is 173 Å². The van der Waals surface area contributed by atoms with Gasteiger partial charge in [-0.15, -0.1) is 0 Å². The van der Waals surface area contributed by atoms with Gasteiger partial charge in [0.15, 0.2) is 23.1 Å². The van der Waals surface area contributed by atoms with Crippen LogP contribution in [0.15, 0.2) is 72.8 Å². The summed E-state index contributed by atoms with van der Waals surface area (Å²) >= 11 is 0. The predicted octanol–water partition coefficient (Wildman–Crippen LogP) is 6.37. The van der Waals surface area contributed by atoms with Crippen molar-refractivity contribution in [1.82, 2.24) is 29.8 Å². The summed E-state index contributed by atoms with van der Waals surface area (Å²) in [5.74, 6) is -5.65. The van der Waals surface area contributed by atoms with E-state index in [1.165, 1.54) is 48.2 Å². The molecule has 376 valence electrons. The van der Waals surface area contributed by atoms with Gasteiger partial charge in [0.05, 0.1) is 65.5 Å². The van der Waals surface area contributed by atoms with Crippen LogP contribution >= 0.6 is 0 Å². The lowest BCUT2D eigenvalue weighted by Gasteiger charge is -2.44. The predicted molar refractivity (Wildman–Crippen MR) is 258 cm³/mol. The van der Waals surface area contributed by atoms with Crippen molar-refractivity contribution in [1.29, 1.82) is 0 Å². The van der Waals surface area contributed by atoms with Gasteiger partial charge in [0, 0.05) is 69.0 Å². The van der Waals surface area contributed by atoms with Crippen molar-refractivity contribution in [3.8, 4) is 23.0 Å². The molecule has 20 heteroatoms. The number of sulfone groups is 1. The van der Waals surface area contributed by atoms with E-state index in [1.54, 1.807) is 62.2 Å². The number of hydrogen-bond donors (Lipinski definition) is 1. The number of rotatable bonds is 15. The van der Waals surface area contributed by atoms with E-state index in [9.17, 15) is 27.6 Å². The van der Waals surface area contributed by atoms with Crippen LogP contribution in [0.4, 0.5) is 18.9 Å². The minimum absolute atomic E-state index is 0.125. The van der Waals surface area contributed by atoms with Crippen molar-refractivity contribution in [3.63, 3.8) is 0 Å². The Bertz CT molecular complexity index is 3030. The molecule has 2 atom stereocenters. The number of piperidine rings is 2. The van der Waals surface area contributed by atoms with Gasteiger partial charge in [-0.05, 0) is 106 Å². The molecular formula is C51H56F3N7O9S. The summed E-state index contributed by atoms with van der Waals surface area (Å²) in [6, 6.07) is 17.0. The number of imide groups is 2. The zero-order valence-electron chi connectivity index (χ0n) is 40.2. The molecule has 4 amide bonds. The number of anilines is 1. The molecule has 1 N–H and O–H groups in total. The van der Waals surface area contributed by atoms with Gasteiger partial charge < -0.3 is 19.1 Å². The summed E-state index contributed by atoms with van der Waals surface area (Å²) in [7, 11) is -0.548. The molecule has 16 nitrogen and oxygen atoms in total. The van der Waals surface area contributed by atoms with Gasteiger partial charge >= 0.3 is 0 Å². The van der Waals surface area contributed by atoms with Crippen LogP contribution in [0.3, 0.4) is 0 Å². The number of ether oxygens (including phenoxy) is 3. The van der Waals surface area contributed by atoms with E-state index >= 15 is 13.2 Å². The number of methoxy groups -OCH3 is 1. The van der Waals surface area contributed by atoms with E-state index in [2.05, 4.69) is 20.2 Å². The maximum absolute atomic E-state index is 15.8. The lowest BCUT2D eigenvalue weighted by molar-refractivity contribution is -0.137. The number of aryl methyl sites for hydroxylation is 1. The Labute approximate surface area is 409 Å². The molecule has 4 aliphatic rings. The number of piperazine rings is 1. The minimum atomic E-state index is -3.68. The first kappa shape index (κ1) is 49.5. The second-order valence-electron chi connectivity index (χ2n) is 19.0. The SMILES string of the molecule is CCOc1cc([C@@H](CS(C)(=O)=O)N2C(=O)c3cccc(N4CCN(C5CCN(CC(F)(F)c6ccc(Oc7cc8c(cc7F)c([C@@]7(C)CCC(=O)NC7=O)nn8C)cc6)CC5)CC4)c3C2=O)ccc1OC. The van der Waals surface area contributed by atoms with Gasteiger partial charge in [0.2, 0.25) is 11.8 Å². The molecule has 0 bridgehead atoms. The fourth-order valence-electron chi connectivity index (χ4n) is 10.4. The molecular weight excluding hydrogens is 944 g/mol. The minimum Gasteiger partial charge on any atom is -0.493 e. The number of carbonyl (C=O) groups is 4. The summed E-state index contributed by atoms with van der Waals surface area (Å²) < 4.78 is 91.2. The van der Waals surface area contributed by atoms with Gasteiger partial charge in [-0.3, -0.25) is 43.9 Å². The Kier molecular flexibility index (Phi) is 13.4. The number of benzene rings is 4. The van der Waals surface area contributed by atoms with Gasteiger partial charge in [-0.2, -0.15) is 13.9 Å². The number of fused-ring (bicyclic) bond motifs is 2. The average Bonchev–Trinajstić information content (AvgIpc) is 3.80. The van der Waals surface area contributed by atoms with Crippen molar-refractivity contribution < 1.29 is 55.0 Å². The quantitative estimate of drug-likeness (QED) is 0.115. The molecule has 4 aliphatic heterocycles. The molecule has 3 fully saturated rings. The number of amides is 4. The van der Waals surface area contributed by atoms with Gasteiger partial charge in [-0.1, -0.05) is 12.1 Å². The Hall–Kier alpha value is -6.51. The first-order valence-corrected chi connectivity index (χ1v) is 25.7. The van der Waals surface area contributed by atoms with Crippen LogP contribution in [0.1, 0.15) is 83.1 Å². The smallest absolute Gasteiger partial charge is 0.285 e. The number of halogens is 3. The molecule has 9 rings (SSSR count). The van der Waals surface area contributed by atoms with Crippen LogP contribution in [-0.2, 0) is 37.8 Å². The molecule has 0 unspecified atom stereocenters. The zero-order valence-corrected chi connectivity index (χ0v) is 41.0. The molecule has 0 saturated carbocycles. The highest BCUT2D eigenvalue weighted by Crippen LogP contribution is 2.42. The first-order chi connectivity index (χ1) is 33.8. The van der Waals surface area contributed by atoms with Crippen LogP contribution in [0.25, 0.3) is 10.9 Å². The largest absolute Gasteiger partial charge is 0.493 e. The number of nitrogens with one attached hydrogen (secondary N) is 1. The maximum Gasteiger partial charge on any atom is 0.285 e. The van der Waals surface area contributed by atoms with Crippen LogP contribution < -0.4 is 24.4 Å². The standard InChI is InChI=1S/C51H56F3N7O9S/c1-6-69-43-26-31(10-15-41(43)68-4)40(29-71(5,66)67)61-47(63)35-8-7-9-38(45(35)48(61)64)60-24-22-59(23-25-60)33-17-20-58(21-18-33)30-51(53,54)32-11-13-34(14-12-32)70-42-28-39-36(27-37(42)52)46(56-57(39)3)50(2)19-16-44(62)55-49(50)65/h7-15,26-28,33,40H,6,16-25,29-30H2,1-5H3,(H,55,62,65)/t40-,50-/m1/s1. The molecule has 5 aromatic rings. The normalized spacial score (nSPS) is 20.1. The summed E-state index contributed by atoms with van der Waals surface area (Å²) in [5.41, 5.74) is 0.917. The Morgan fingerprint density at radius 3 is 2.28 bits per heavy atom. The van der Waals surface area contributed by atoms with Gasteiger partial charge in [-0.25, -0.2) is 12.8 Å². The van der Waals surface area contributed by atoms with Crippen molar-refractivity contribution >= 4 is 50.1 Å². The van der Waals surface area contributed by atoms with E-state index in [0.717, 1.165) is 11.2 Å². The fraction of sp³-hybridized carbons (Fsp3) is 0.431. The van der Waals surface area contributed by atoms with Gasteiger partial charge in [0.25, 0.3) is 17.7 Å². The Morgan fingerprint density at radius 2 is 1.62 bits per heavy atom. The highest BCUT2D eigenvalue weighted by Gasteiger charge is 2.46. The Morgan fingerprint density at radius 1 is 0.901 bits per heavy atom. The number of likely N-dealkylation sites (tertiary alicyclic amines) is 1. The van der Waals surface area contributed by atoms with E-state index in [4.69, 9.17) is 14.2 Å². The van der Waals surface area contributed by atoms with Crippen LogP contribution in [-0.4, -0.2) is 134 Å². The third kappa shape index (κ3) is 9.68. The molecule has 0 radical (unpaired) electrons. The number of nitrogens with zero attached hydrogens (tertiary/aromatic N) is 6. The molecule has 1 aromatic heterocycles. The molecule has 4 aromatic carbocycles. The van der Waals surface area contributed by atoms with Crippen LogP contribution in [0, 0.1) is 5.82 Å². The number of alkyl halides is 2. The van der Waals surface area contributed by atoms with Crippen molar-refractivity contribution in [2.45, 2.75) is 63.0 Å². The fourth-order valence-corrected chi connectivity index (χ4v) is 11.3. The summed E-state index contributed by atoms with van der Waals surface area (Å²) in [6.07, 6.45) is 2.78. The molecule has 0 aliphatic carbocycles. The summed E-state index contributed by atoms with van der Waals surface area (Å²) in [4.78, 5) is 60.3. The van der Waals surface area contributed by atoms with Crippen molar-refractivity contribution in [2.75, 3.05) is 76.4 Å². The second kappa shape index (κ2) is 19.2. The average molecular weight is 1000 g/mol. The monoisotopic (exact) mass is 999 g/mol. The lowest BCUT2D eigenvalue weighted by atomic mass is 9.77.